The van der Waals surface area contributed by atoms with Gasteiger partial charge in [-0.2, -0.15) is 0 Å². The lowest BCUT2D eigenvalue weighted by atomic mass is 10.2. The van der Waals surface area contributed by atoms with Crippen molar-refractivity contribution in [2.75, 3.05) is 0 Å². The van der Waals surface area contributed by atoms with Gasteiger partial charge in [0.15, 0.2) is 0 Å². The van der Waals surface area contributed by atoms with Crippen LogP contribution in [-0.2, 0) is 0 Å². The number of ether oxygens (including phenoxy) is 1. The highest BCUT2D eigenvalue weighted by Crippen LogP contribution is 2.26. The number of nitrogens with zero attached hydrogens (tertiary/aromatic N) is 1. The highest BCUT2D eigenvalue weighted by atomic mass is 16.6. The third-order valence-electron chi connectivity index (χ3n) is 2.52. The summed E-state index contributed by atoms with van der Waals surface area (Å²) in [4.78, 5) is 0. The van der Waals surface area contributed by atoms with Gasteiger partial charge in [-0.1, -0.05) is 53.7 Å². The molecule has 0 unspecified atom stereocenters. The molecule has 0 amide bonds. The predicted molar refractivity (Wildman–Crippen MR) is 68.5 cm³/mol. The van der Waals surface area contributed by atoms with Gasteiger partial charge < -0.3 is 9.26 Å². The summed E-state index contributed by atoms with van der Waals surface area (Å²) in [5.74, 6) is 1.12. The van der Waals surface area contributed by atoms with Crippen molar-refractivity contribution in [1.82, 2.24) is 5.16 Å². The lowest BCUT2D eigenvalue weighted by Gasteiger charge is -1.98. The number of rotatable bonds is 3. The minimum absolute atomic E-state index is 0.389. The first kappa shape index (κ1) is 10.6. The summed E-state index contributed by atoms with van der Waals surface area (Å²) in [5, 5.41) is 3.98. The van der Waals surface area contributed by atoms with Gasteiger partial charge in [0, 0.05) is 5.56 Å². The van der Waals surface area contributed by atoms with Crippen LogP contribution in [0.3, 0.4) is 0 Å². The molecule has 0 bridgehead atoms. The molecule has 2 aromatic carbocycles. The summed E-state index contributed by atoms with van der Waals surface area (Å²) in [7, 11) is 0. The number of aromatic nitrogens is 1. The van der Waals surface area contributed by atoms with Crippen molar-refractivity contribution in [3.63, 3.8) is 0 Å². The molecule has 0 aliphatic rings. The van der Waals surface area contributed by atoms with E-state index in [9.17, 15) is 0 Å². The first-order valence-electron chi connectivity index (χ1n) is 5.67. The molecule has 1 heterocycles. The molecule has 3 rings (SSSR count). The van der Waals surface area contributed by atoms with Crippen molar-refractivity contribution in [3.8, 4) is 23.0 Å². The van der Waals surface area contributed by atoms with Gasteiger partial charge >= 0.3 is 5.95 Å². The second-order valence-electron chi connectivity index (χ2n) is 3.81. The van der Waals surface area contributed by atoms with E-state index in [-0.39, 0.29) is 0 Å². The van der Waals surface area contributed by atoms with Crippen LogP contribution >= 0.6 is 0 Å². The Hall–Kier alpha value is -2.55. The van der Waals surface area contributed by atoms with E-state index in [1.165, 1.54) is 0 Å². The molecule has 18 heavy (non-hydrogen) atoms. The molecule has 88 valence electrons. The zero-order valence-corrected chi connectivity index (χ0v) is 9.61. The Morgan fingerprint density at radius 2 is 1.50 bits per heavy atom. The fourth-order valence-electron chi connectivity index (χ4n) is 1.66. The van der Waals surface area contributed by atoms with Crippen LogP contribution in [0.5, 0.6) is 11.7 Å². The van der Waals surface area contributed by atoms with Crippen molar-refractivity contribution in [3.05, 3.63) is 66.7 Å². The van der Waals surface area contributed by atoms with Gasteiger partial charge in [-0.05, 0) is 12.1 Å². The van der Waals surface area contributed by atoms with E-state index in [1.807, 2.05) is 60.7 Å². The maximum atomic E-state index is 5.55. The molecule has 0 atom stereocenters. The Kier molecular flexibility index (Phi) is 2.80. The second-order valence-corrected chi connectivity index (χ2v) is 3.81. The topological polar surface area (TPSA) is 35.3 Å². The summed E-state index contributed by atoms with van der Waals surface area (Å²) in [6.07, 6.45) is 0. The smallest absolute Gasteiger partial charge is 0.317 e. The lowest BCUT2D eigenvalue weighted by Crippen LogP contribution is -1.79. The molecular weight excluding hydrogens is 226 g/mol. The SMILES string of the molecule is c1ccc(Oc2cc(-c3ccccc3)no2)cc1. The van der Waals surface area contributed by atoms with E-state index in [2.05, 4.69) is 5.16 Å². The molecule has 3 nitrogen and oxygen atoms in total. The van der Waals surface area contributed by atoms with E-state index in [4.69, 9.17) is 9.26 Å². The Morgan fingerprint density at radius 3 is 2.22 bits per heavy atom. The molecule has 1 aromatic heterocycles. The van der Waals surface area contributed by atoms with E-state index in [0.717, 1.165) is 17.0 Å². The van der Waals surface area contributed by atoms with Crippen LogP contribution in [0.2, 0.25) is 0 Å². The van der Waals surface area contributed by atoms with Crippen LogP contribution in [0.1, 0.15) is 0 Å². The Labute approximate surface area is 105 Å². The van der Waals surface area contributed by atoms with Crippen LogP contribution in [-0.4, -0.2) is 5.16 Å². The minimum Gasteiger partial charge on any atom is -0.425 e. The van der Waals surface area contributed by atoms with Crippen LogP contribution in [0.15, 0.2) is 71.3 Å². The van der Waals surface area contributed by atoms with Gasteiger partial charge in [0.05, 0.1) is 6.07 Å². The summed E-state index contributed by atoms with van der Waals surface area (Å²) in [5.41, 5.74) is 1.77. The average molecular weight is 237 g/mol. The Morgan fingerprint density at radius 1 is 0.833 bits per heavy atom. The average Bonchev–Trinajstić information content (AvgIpc) is 2.89. The summed E-state index contributed by atoms with van der Waals surface area (Å²) < 4.78 is 10.7. The highest BCUT2D eigenvalue weighted by Gasteiger charge is 2.07. The van der Waals surface area contributed by atoms with Gasteiger partial charge in [-0.25, -0.2) is 0 Å². The number of benzene rings is 2. The standard InChI is InChI=1S/C15H11NO2/c1-3-7-12(8-4-1)14-11-15(18-16-14)17-13-9-5-2-6-10-13/h1-11H. The molecule has 3 aromatic rings. The number of para-hydroxylation sites is 1. The van der Waals surface area contributed by atoms with Crippen LogP contribution in [0.25, 0.3) is 11.3 Å². The van der Waals surface area contributed by atoms with Crippen molar-refractivity contribution < 1.29 is 9.26 Å². The van der Waals surface area contributed by atoms with E-state index >= 15 is 0 Å². The van der Waals surface area contributed by atoms with Crippen LogP contribution in [0.4, 0.5) is 0 Å². The van der Waals surface area contributed by atoms with Gasteiger partial charge in [0.2, 0.25) is 0 Å². The first-order valence-corrected chi connectivity index (χ1v) is 5.67. The maximum Gasteiger partial charge on any atom is 0.317 e. The van der Waals surface area contributed by atoms with Crippen molar-refractivity contribution in [2.24, 2.45) is 0 Å². The van der Waals surface area contributed by atoms with E-state index in [0.29, 0.717) is 5.95 Å². The molecule has 0 saturated heterocycles. The largest absolute Gasteiger partial charge is 0.425 e. The van der Waals surface area contributed by atoms with Crippen molar-refractivity contribution in [1.29, 1.82) is 0 Å². The molecule has 0 radical (unpaired) electrons. The Bertz CT molecular complexity index is 617. The molecule has 3 heteroatoms. The third kappa shape index (κ3) is 2.25. The quantitative estimate of drug-likeness (QED) is 0.686. The van der Waals surface area contributed by atoms with Gasteiger partial charge in [-0.15, -0.1) is 0 Å². The molecule has 0 aliphatic heterocycles. The second kappa shape index (κ2) is 4.75. The monoisotopic (exact) mass is 237 g/mol. The summed E-state index contributed by atoms with van der Waals surface area (Å²) in [6, 6.07) is 21.1. The zero-order valence-electron chi connectivity index (χ0n) is 9.61. The van der Waals surface area contributed by atoms with Gasteiger partial charge in [0.25, 0.3) is 0 Å². The zero-order chi connectivity index (χ0) is 12.2. The highest BCUT2D eigenvalue weighted by molar-refractivity contribution is 5.59. The fourth-order valence-corrected chi connectivity index (χ4v) is 1.66. The van der Waals surface area contributed by atoms with Crippen molar-refractivity contribution in [2.45, 2.75) is 0 Å². The molecule has 0 aliphatic carbocycles. The molecule has 0 fully saturated rings. The number of hydrogen-bond donors (Lipinski definition) is 0. The molecule has 0 saturated carbocycles. The summed E-state index contributed by atoms with van der Waals surface area (Å²) in [6.45, 7) is 0. The normalized spacial score (nSPS) is 10.2. The number of hydrogen-bond acceptors (Lipinski definition) is 3. The minimum atomic E-state index is 0.389. The maximum absolute atomic E-state index is 5.55. The first-order chi connectivity index (χ1) is 8.92. The fraction of sp³-hybridized carbons (Fsp3) is 0. The van der Waals surface area contributed by atoms with Crippen molar-refractivity contribution >= 4 is 0 Å². The molecule has 0 N–H and O–H groups in total. The third-order valence-corrected chi connectivity index (χ3v) is 2.52. The van der Waals surface area contributed by atoms with E-state index < -0.39 is 0 Å². The predicted octanol–water partition coefficient (Wildman–Crippen LogP) is 4.13. The molecular formula is C15H11NO2. The van der Waals surface area contributed by atoms with E-state index in [1.54, 1.807) is 6.07 Å². The van der Waals surface area contributed by atoms with Crippen LogP contribution in [0, 0.1) is 0 Å². The lowest BCUT2D eigenvalue weighted by molar-refractivity contribution is 0.291. The van der Waals surface area contributed by atoms with Crippen LogP contribution < -0.4 is 4.74 Å². The van der Waals surface area contributed by atoms with Gasteiger partial charge in [0.1, 0.15) is 11.4 Å². The van der Waals surface area contributed by atoms with Gasteiger partial charge in [-0.3, -0.25) is 0 Å². The summed E-state index contributed by atoms with van der Waals surface area (Å²) >= 11 is 0. The molecule has 0 spiro atoms. The Balaban J connectivity index is 1.82.